The number of methoxy groups -OCH3 is 1. The van der Waals surface area contributed by atoms with Crippen molar-refractivity contribution in [2.45, 2.75) is 12.5 Å². The van der Waals surface area contributed by atoms with E-state index in [1.807, 2.05) is 12.1 Å². The highest BCUT2D eigenvalue weighted by molar-refractivity contribution is 9.10. The summed E-state index contributed by atoms with van der Waals surface area (Å²) in [7, 11) is 1.60. The van der Waals surface area contributed by atoms with Crippen LogP contribution in [0.2, 0.25) is 0 Å². The number of rotatable bonds is 5. The number of aromatic nitrogens is 3. The molecule has 0 amide bonds. The Morgan fingerprint density at radius 3 is 3.11 bits per heavy atom. The molecule has 2 N–H and O–H groups in total. The zero-order valence-corrected chi connectivity index (χ0v) is 11.4. The van der Waals surface area contributed by atoms with Crippen molar-refractivity contribution in [3.63, 3.8) is 0 Å². The molecule has 2 heterocycles. The SMILES string of the molecule is COCC(N)Cc1nc(-c2ncccc2Br)no1. The molecule has 1 atom stereocenters. The lowest BCUT2D eigenvalue weighted by Gasteiger charge is -2.05. The zero-order chi connectivity index (χ0) is 13.0. The van der Waals surface area contributed by atoms with Crippen molar-refractivity contribution in [2.24, 2.45) is 5.73 Å². The number of nitrogens with two attached hydrogens (primary N) is 1. The van der Waals surface area contributed by atoms with Gasteiger partial charge in [-0.05, 0) is 28.1 Å². The van der Waals surface area contributed by atoms with E-state index < -0.39 is 0 Å². The van der Waals surface area contributed by atoms with Gasteiger partial charge in [0.25, 0.3) is 0 Å². The van der Waals surface area contributed by atoms with Gasteiger partial charge in [0, 0.05) is 30.2 Å². The van der Waals surface area contributed by atoms with E-state index in [1.165, 1.54) is 0 Å². The first-order valence-electron chi connectivity index (χ1n) is 5.38. The van der Waals surface area contributed by atoms with Crippen LogP contribution in [0.5, 0.6) is 0 Å². The van der Waals surface area contributed by atoms with Crippen LogP contribution in [0, 0.1) is 0 Å². The van der Waals surface area contributed by atoms with Crippen LogP contribution >= 0.6 is 15.9 Å². The van der Waals surface area contributed by atoms with Crippen molar-refractivity contribution in [2.75, 3.05) is 13.7 Å². The fraction of sp³-hybridized carbons (Fsp3) is 0.364. The number of halogens is 1. The van der Waals surface area contributed by atoms with E-state index >= 15 is 0 Å². The fourth-order valence-corrected chi connectivity index (χ4v) is 1.91. The molecule has 0 radical (unpaired) electrons. The molecule has 1 unspecified atom stereocenters. The average molecular weight is 313 g/mol. The van der Waals surface area contributed by atoms with Crippen LogP contribution in [-0.4, -0.2) is 34.9 Å². The van der Waals surface area contributed by atoms with Gasteiger partial charge in [-0.2, -0.15) is 4.98 Å². The Morgan fingerprint density at radius 1 is 1.56 bits per heavy atom. The zero-order valence-electron chi connectivity index (χ0n) is 9.84. The predicted molar refractivity (Wildman–Crippen MR) is 68.8 cm³/mol. The summed E-state index contributed by atoms with van der Waals surface area (Å²) >= 11 is 3.39. The van der Waals surface area contributed by atoms with Gasteiger partial charge >= 0.3 is 0 Å². The lowest BCUT2D eigenvalue weighted by Crippen LogP contribution is -2.28. The number of pyridine rings is 1. The van der Waals surface area contributed by atoms with Gasteiger partial charge in [-0.15, -0.1) is 0 Å². The molecule has 0 aliphatic heterocycles. The van der Waals surface area contributed by atoms with E-state index in [1.54, 1.807) is 13.3 Å². The summed E-state index contributed by atoms with van der Waals surface area (Å²) < 4.78 is 10.9. The van der Waals surface area contributed by atoms with Gasteiger partial charge in [0.2, 0.25) is 11.7 Å². The third-order valence-electron chi connectivity index (χ3n) is 2.26. The number of hydrogen-bond donors (Lipinski definition) is 1. The monoisotopic (exact) mass is 312 g/mol. The maximum Gasteiger partial charge on any atom is 0.228 e. The minimum Gasteiger partial charge on any atom is -0.383 e. The maximum absolute atomic E-state index is 5.82. The second-order valence-electron chi connectivity index (χ2n) is 3.77. The molecular formula is C11H13BrN4O2. The van der Waals surface area contributed by atoms with Gasteiger partial charge < -0.3 is 15.0 Å². The Morgan fingerprint density at radius 2 is 2.39 bits per heavy atom. The van der Waals surface area contributed by atoms with Crippen molar-refractivity contribution in [1.82, 2.24) is 15.1 Å². The third kappa shape index (κ3) is 3.12. The number of nitrogens with zero attached hydrogens (tertiary/aromatic N) is 3. The molecule has 96 valence electrons. The molecule has 0 saturated heterocycles. The van der Waals surface area contributed by atoms with Crippen LogP contribution in [0.15, 0.2) is 27.3 Å². The Balaban J connectivity index is 2.13. The van der Waals surface area contributed by atoms with Gasteiger partial charge in [0.1, 0.15) is 5.69 Å². The molecule has 0 aliphatic carbocycles. The van der Waals surface area contributed by atoms with E-state index in [0.717, 1.165) is 4.47 Å². The van der Waals surface area contributed by atoms with Crippen LogP contribution < -0.4 is 5.73 Å². The summed E-state index contributed by atoms with van der Waals surface area (Å²) in [4.78, 5) is 8.45. The average Bonchev–Trinajstić information content (AvgIpc) is 2.78. The minimum atomic E-state index is -0.157. The van der Waals surface area contributed by atoms with Crippen LogP contribution in [0.3, 0.4) is 0 Å². The quantitative estimate of drug-likeness (QED) is 0.898. The van der Waals surface area contributed by atoms with Crippen molar-refractivity contribution >= 4 is 15.9 Å². The van der Waals surface area contributed by atoms with Crippen molar-refractivity contribution < 1.29 is 9.26 Å². The second kappa shape index (κ2) is 6.03. The summed E-state index contributed by atoms with van der Waals surface area (Å²) in [6.45, 7) is 0.449. The largest absolute Gasteiger partial charge is 0.383 e. The Bertz CT molecular complexity index is 517. The smallest absolute Gasteiger partial charge is 0.228 e. The van der Waals surface area contributed by atoms with E-state index in [2.05, 4.69) is 31.1 Å². The maximum atomic E-state index is 5.82. The molecule has 0 fully saturated rings. The number of ether oxygens (including phenoxy) is 1. The van der Waals surface area contributed by atoms with Crippen LogP contribution in [0.4, 0.5) is 0 Å². The highest BCUT2D eigenvalue weighted by Gasteiger charge is 2.14. The molecule has 2 aromatic heterocycles. The second-order valence-corrected chi connectivity index (χ2v) is 4.62. The fourth-order valence-electron chi connectivity index (χ4n) is 1.48. The first-order chi connectivity index (χ1) is 8.70. The molecule has 0 bridgehead atoms. The molecule has 2 aromatic rings. The van der Waals surface area contributed by atoms with Gasteiger partial charge in [0.05, 0.1) is 6.61 Å². The molecule has 0 aliphatic rings. The molecule has 0 aromatic carbocycles. The van der Waals surface area contributed by atoms with E-state index in [0.29, 0.717) is 30.4 Å². The lowest BCUT2D eigenvalue weighted by molar-refractivity contribution is 0.176. The topological polar surface area (TPSA) is 87.1 Å². The molecule has 18 heavy (non-hydrogen) atoms. The van der Waals surface area contributed by atoms with E-state index in [-0.39, 0.29) is 6.04 Å². The van der Waals surface area contributed by atoms with Crippen LogP contribution in [0.1, 0.15) is 5.89 Å². The van der Waals surface area contributed by atoms with Gasteiger partial charge in [-0.1, -0.05) is 5.16 Å². The number of hydrogen-bond acceptors (Lipinski definition) is 6. The van der Waals surface area contributed by atoms with Gasteiger partial charge in [-0.3, -0.25) is 4.98 Å². The van der Waals surface area contributed by atoms with E-state index in [9.17, 15) is 0 Å². The summed E-state index contributed by atoms with van der Waals surface area (Å²) in [6, 6.07) is 3.54. The Labute approximate surface area is 113 Å². The summed E-state index contributed by atoms with van der Waals surface area (Å²) in [5.74, 6) is 0.925. The third-order valence-corrected chi connectivity index (χ3v) is 2.90. The molecule has 7 heteroatoms. The lowest BCUT2D eigenvalue weighted by atomic mass is 10.2. The summed E-state index contributed by atoms with van der Waals surface area (Å²) in [6.07, 6.45) is 2.15. The van der Waals surface area contributed by atoms with Crippen molar-refractivity contribution in [3.8, 4) is 11.5 Å². The summed E-state index contributed by atoms with van der Waals surface area (Å²) in [5, 5.41) is 3.89. The Kier molecular flexibility index (Phi) is 4.40. The van der Waals surface area contributed by atoms with Gasteiger partial charge in [0.15, 0.2) is 0 Å². The predicted octanol–water partition coefficient (Wildman–Crippen LogP) is 1.41. The molecular weight excluding hydrogens is 300 g/mol. The minimum absolute atomic E-state index is 0.157. The first kappa shape index (κ1) is 13.1. The Hall–Kier alpha value is -1.31. The van der Waals surface area contributed by atoms with Gasteiger partial charge in [-0.25, -0.2) is 0 Å². The highest BCUT2D eigenvalue weighted by Crippen LogP contribution is 2.22. The normalized spacial score (nSPS) is 12.6. The molecule has 0 spiro atoms. The van der Waals surface area contributed by atoms with E-state index in [4.69, 9.17) is 15.0 Å². The highest BCUT2D eigenvalue weighted by atomic mass is 79.9. The van der Waals surface area contributed by atoms with Crippen molar-refractivity contribution in [3.05, 3.63) is 28.7 Å². The molecule has 0 saturated carbocycles. The molecule has 2 rings (SSSR count). The first-order valence-corrected chi connectivity index (χ1v) is 6.18. The van der Waals surface area contributed by atoms with Crippen LogP contribution in [-0.2, 0) is 11.2 Å². The summed E-state index contributed by atoms with van der Waals surface area (Å²) in [5.41, 5.74) is 6.46. The van der Waals surface area contributed by atoms with Crippen molar-refractivity contribution in [1.29, 1.82) is 0 Å². The van der Waals surface area contributed by atoms with Crippen LogP contribution in [0.25, 0.3) is 11.5 Å². The standard InChI is InChI=1S/C11H13BrN4O2/c1-17-6-7(13)5-9-15-11(16-18-9)10-8(12)3-2-4-14-10/h2-4,7H,5-6,13H2,1H3. The molecule has 6 nitrogen and oxygen atoms in total.